The summed E-state index contributed by atoms with van der Waals surface area (Å²) in [4.78, 5) is 11.3. The van der Waals surface area contributed by atoms with E-state index >= 15 is 0 Å². The highest BCUT2D eigenvalue weighted by molar-refractivity contribution is 5.95. The molecule has 1 N–H and O–H groups in total. The molecule has 1 atom stereocenters. The van der Waals surface area contributed by atoms with Crippen molar-refractivity contribution in [2.45, 2.75) is 71.3 Å². The molecule has 0 radical (unpaired) electrons. The molecular weight excluding hydrogens is 224 g/mol. The van der Waals surface area contributed by atoms with Crippen LogP contribution in [0.5, 0.6) is 0 Å². The lowest BCUT2D eigenvalue weighted by Crippen LogP contribution is -2.01. The Morgan fingerprint density at radius 2 is 1.72 bits per heavy atom. The highest BCUT2D eigenvalue weighted by atomic mass is 16.3. The molecule has 100 valence electrons. The monoisotopic (exact) mass is 248 g/mol. The van der Waals surface area contributed by atoms with E-state index in [2.05, 4.69) is 37.5 Å². The van der Waals surface area contributed by atoms with Gasteiger partial charge in [-0.15, -0.1) is 0 Å². The summed E-state index contributed by atoms with van der Waals surface area (Å²) in [5.74, 6) is 10.1. The SMILES string of the molecule is CCCCCC(=O)C#CC#CC(O)CCCCC. The molecule has 0 rings (SSSR count). The maximum Gasteiger partial charge on any atom is 0.206 e. The molecule has 0 aliphatic rings. The van der Waals surface area contributed by atoms with Crippen LogP contribution >= 0.6 is 0 Å². The first-order valence-electron chi connectivity index (χ1n) is 6.93. The predicted octanol–water partition coefficient (Wildman–Crippen LogP) is 3.08. The van der Waals surface area contributed by atoms with Gasteiger partial charge in [0.25, 0.3) is 0 Å². The highest BCUT2D eigenvalue weighted by Crippen LogP contribution is 2.02. The second kappa shape index (κ2) is 12.2. The third-order valence-electron chi connectivity index (χ3n) is 2.59. The van der Waals surface area contributed by atoms with E-state index in [1.807, 2.05) is 0 Å². The number of hydrogen-bond acceptors (Lipinski definition) is 2. The second-order valence-electron chi connectivity index (χ2n) is 4.41. The normalized spacial score (nSPS) is 10.8. The van der Waals surface area contributed by atoms with Crippen LogP contribution in [0.15, 0.2) is 0 Å². The van der Waals surface area contributed by atoms with E-state index in [9.17, 15) is 9.90 Å². The minimum atomic E-state index is -0.610. The third-order valence-corrected chi connectivity index (χ3v) is 2.59. The Morgan fingerprint density at radius 3 is 2.39 bits per heavy atom. The van der Waals surface area contributed by atoms with Gasteiger partial charge in [0.1, 0.15) is 6.10 Å². The minimum Gasteiger partial charge on any atom is -0.380 e. The maximum absolute atomic E-state index is 11.3. The summed E-state index contributed by atoms with van der Waals surface area (Å²) in [5.41, 5.74) is 0. The number of rotatable bonds is 8. The van der Waals surface area contributed by atoms with E-state index in [0.717, 1.165) is 38.5 Å². The molecule has 2 heteroatoms. The van der Waals surface area contributed by atoms with Crippen LogP contribution in [0.4, 0.5) is 0 Å². The van der Waals surface area contributed by atoms with Gasteiger partial charge in [-0.05, 0) is 37.0 Å². The molecule has 0 aromatic carbocycles. The Morgan fingerprint density at radius 1 is 1.06 bits per heavy atom. The standard InChI is InChI=1S/C16H24O2/c1-3-5-7-11-15(17)13-9-10-14-16(18)12-8-6-4-2/h15,17H,3-8,11-12H2,1-2H3. The van der Waals surface area contributed by atoms with Gasteiger partial charge in [0.15, 0.2) is 0 Å². The zero-order valence-corrected chi connectivity index (χ0v) is 11.6. The molecule has 18 heavy (non-hydrogen) atoms. The van der Waals surface area contributed by atoms with Crippen LogP contribution < -0.4 is 0 Å². The summed E-state index contributed by atoms with van der Waals surface area (Å²) in [6, 6.07) is 0. The Balaban J connectivity index is 3.83. The first-order chi connectivity index (χ1) is 8.70. The number of Topliss-reactive ketones (excluding diaryl/α,β-unsaturated/α-hetero) is 1. The second-order valence-corrected chi connectivity index (χ2v) is 4.41. The van der Waals surface area contributed by atoms with E-state index in [4.69, 9.17) is 0 Å². The number of aliphatic hydroxyl groups excluding tert-OH is 1. The minimum absolute atomic E-state index is 0.0572. The fourth-order valence-corrected chi connectivity index (χ4v) is 1.48. The molecule has 0 spiro atoms. The first kappa shape index (κ1) is 16.8. The lowest BCUT2D eigenvalue weighted by Gasteiger charge is -2.00. The molecule has 2 nitrogen and oxygen atoms in total. The van der Waals surface area contributed by atoms with Crippen molar-refractivity contribution in [1.82, 2.24) is 0 Å². The average molecular weight is 248 g/mol. The zero-order chi connectivity index (χ0) is 13.6. The van der Waals surface area contributed by atoms with Crippen LogP contribution in [0, 0.1) is 23.7 Å². The quantitative estimate of drug-likeness (QED) is 0.407. The van der Waals surface area contributed by atoms with Crippen molar-refractivity contribution in [1.29, 1.82) is 0 Å². The molecule has 0 saturated carbocycles. The van der Waals surface area contributed by atoms with Gasteiger partial charge in [0.05, 0.1) is 0 Å². The Hall–Kier alpha value is -1.25. The Kier molecular flexibility index (Phi) is 11.4. The lowest BCUT2D eigenvalue weighted by molar-refractivity contribution is -0.113. The van der Waals surface area contributed by atoms with Gasteiger partial charge >= 0.3 is 0 Å². The Labute approximate surface area is 111 Å². The average Bonchev–Trinajstić information content (AvgIpc) is 2.35. The van der Waals surface area contributed by atoms with Crippen LogP contribution in [-0.4, -0.2) is 17.0 Å². The van der Waals surface area contributed by atoms with Gasteiger partial charge in [0.2, 0.25) is 5.78 Å². The van der Waals surface area contributed by atoms with Crippen molar-refractivity contribution in [3.63, 3.8) is 0 Å². The molecule has 1 unspecified atom stereocenters. The van der Waals surface area contributed by atoms with Crippen molar-refractivity contribution in [2.24, 2.45) is 0 Å². The summed E-state index contributed by atoms with van der Waals surface area (Å²) >= 11 is 0. The van der Waals surface area contributed by atoms with Crippen LogP contribution in [0.3, 0.4) is 0 Å². The molecule has 0 aliphatic heterocycles. The fourth-order valence-electron chi connectivity index (χ4n) is 1.48. The zero-order valence-electron chi connectivity index (χ0n) is 11.6. The highest BCUT2D eigenvalue weighted by Gasteiger charge is 1.97. The number of unbranched alkanes of at least 4 members (excludes halogenated alkanes) is 4. The number of carbonyl (C=O) groups is 1. The number of aliphatic hydroxyl groups is 1. The molecule has 0 heterocycles. The molecule has 0 aromatic heterocycles. The van der Waals surface area contributed by atoms with E-state index in [1.165, 1.54) is 0 Å². The molecular formula is C16H24O2. The van der Waals surface area contributed by atoms with Gasteiger partial charge in [0, 0.05) is 6.42 Å². The van der Waals surface area contributed by atoms with Crippen LogP contribution in [0.1, 0.15) is 65.2 Å². The lowest BCUT2D eigenvalue weighted by atomic mass is 10.1. The predicted molar refractivity (Wildman–Crippen MR) is 74.8 cm³/mol. The number of carbonyl (C=O) groups excluding carboxylic acids is 1. The smallest absolute Gasteiger partial charge is 0.206 e. The van der Waals surface area contributed by atoms with Gasteiger partial charge in [-0.25, -0.2) is 0 Å². The van der Waals surface area contributed by atoms with Gasteiger partial charge in [-0.2, -0.15) is 0 Å². The molecule has 0 aliphatic carbocycles. The summed E-state index contributed by atoms with van der Waals surface area (Å²) < 4.78 is 0. The maximum atomic E-state index is 11.3. The molecule has 0 saturated heterocycles. The summed E-state index contributed by atoms with van der Waals surface area (Å²) in [5, 5.41) is 9.49. The topological polar surface area (TPSA) is 37.3 Å². The number of ketones is 1. The van der Waals surface area contributed by atoms with Crippen LogP contribution in [0.2, 0.25) is 0 Å². The Bertz CT molecular complexity index is 336. The van der Waals surface area contributed by atoms with Crippen LogP contribution in [-0.2, 0) is 4.79 Å². The largest absolute Gasteiger partial charge is 0.380 e. The van der Waals surface area contributed by atoms with E-state index < -0.39 is 6.10 Å². The van der Waals surface area contributed by atoms with E-state index in [1.54, 1.807) is 0 Å². The van der Waals surface area contributed by atoms with Crippen molar-refractivity contribution < 1.29 is 9.90 Å². The molecule has 0 bridgehead atoms. The van der Waals surface area contributed by atoms with Crippen molar-refractivity contribution in [3.8, 4) is 23.7 Å². The third kappa shape index (κ3) is 11.2. The summed E-state index contributed by atoms with van der Waals surface area (Å²) in [7, 11) is 0. The number of hydrogen-bond donors (Lipinski definition) is 1. The van der Waals surface area contributed by atoms with Crippen molar-refractivity contribution >= 4 is 5.78 Å². The van der Waals surface area contributed by atoms with E-state index in [0.29, 0.717) is 12.8 Å². The van der Waals surface area contributed by atoms with E-state index in [-0.39, 0.29) is 5.78 Å². The van der Waals surface area contributed by atoms with Crippen molar-refractivity contribution in [2.75, 3.05) is 0 Å². The van der Waals surface area contributed by atoms with Crippen LogP contribution in [0.25, 0.3) is 0 Å². The summed E-state index contributed by atoms with van der Waals surface area (Å²) in [6.07, 6.45) is 6.88. The first-order valence-corrected chi connectivity index (χ1v) is 6.93. The fraction of sp³-hybridized carbons (Fsp3) is 0.688. The molecule has 0 fully saturated rings. The molecule has 0 amide bonds. The van der Waals surface area contributed by atoms with Gasteiger partial charge in [-0.3, -0.25) is 4.79 Å². The van der Waals surface area contributed by atoms with Gasteiger partial charge in [-0.1, -0.05) is 45.5 Å². The summed E-state index contributed by atoms with van der Waals surface area (Å²) in [6.45, 7) is 4.22. The van der Waals surface area contributed by atoms with Gasteiger partial charge < -0.3 is 5.11 Å². The van der Waals surface area contributed by atoms with Crippen molar-refractivity contribution in [3.05, 3.63) is 0 Å². The molecule has 0 aromatic rings.